The van der Waals surface area contributed by atoms with Gasteiger partial charge >= 0.3 is 0 Å². The Kier molecular flexibility index (Phi) is 5.78. The highest BCUT2D eigenvalue weighted by atomic mass is 16.5. The van der Waals surface area contributed by atoms with Crippen molar-refractivity contribution < 1.29 is 9.53 Å². The molecule has 25 heavy (non-hydrogen) atoms. The second-order valence-corrected chi connectivity index (χ2v) is 6.18. The van der Waals surface area contributed by atoms with E-state index in [1.807, 2.05) is 29.8 Å². The van der Waals surface area contributed by atoms with Gasteiger partial charge < -0.3 is 10.1 Å². The Morgan fingerprint density at radius 1 is 1.44 bits per heavy atom. The number of carbonyl (C=O) groups is 1. The molecule has 1 fully saturated rings. The van der Waals surface area contributed by atoms with E-state index >= 15 is 0 Å². The summed E-state index contributed by atoms with van der Waals surface area (Å²) >= 11 is 0. The maximum Gasteiger partial charge on any atom is 0.241 e. The number of hydrogen-bond acceptors (Lipinski definition) is 5. The Hall–Kier alpha value is -2.25. The van der Waals surface area contributed by atoms with Gasteiger partial charge in [-0.15, -0.1) is 0 Å². The van der Waals surface area contributed by atoms with Crippen LogP contribution in [0.1, 0.15) is 26.7 Å². The number of imidazole rings is 1. The smallest absolute Gasteiger partial charge is 0.241 e. The van der Waals surface area contributed by atoms with E-state index in [1.54, 1.807) is 18.7 Å². The lowest BCUT2D eigenvalue weighted by atomic mass is 10.1. The lowest BCUT2D eigenvalue weighted by molar-refractivity contribution is -0.125. The van der Waals surface area contributed by atoms with Crippen LogP contribution < -0.4 is 5.32 Å². The molecule has 2 aromatic rings. The average molecular weight is 343 g/mol. The third kappa shape index (κ3) is 4.24. The van der Waals surface area contributed by atoms with Crippen molar-refractivity contribution in [2.75, 3.05) is 25.0 Å². The zero-order chi connectivity index (χ0) is 17.6. The van der Waals surface area contributed by atoms with E-state index in [-0.39, 0.29) is 18.1 Å². The SMILES string of the molecule is CC[C@@H]1CN([C@@H](CC)C(=O)Nc2ccc(-n3ccnc3)nc2)CCO1. The second kappa shape index (κ2) is 8.22. The van der Waals surface area contributed by atoms with E-state index in [0.717, 1.165) is 31.7 Å². The molecule has 7 nitrogen and oxygen atoms in total. The van der Waals surface area contributed by atoms with Crippen molar-refractivity contribution in [1.82, 2.24) is 19.4 Å². The minimum absolute atomic E-state index is 0.0106. The minimum atomic E-state index is -0.147. The van der Waals surface area contributed by atoms with Gasteiger partial charge in [0.1, 0.15) is 12.1 Å². The topological polar surface area (TPSA) is 72.3 Å². The number of amides is 1. The molecular formula is C18H25N5O2. The lowest BCUT2D eigenvalue weighted by Crippen LogP contribution is -2.51. The van der Waals surface area contributed by atoms with Crippen LogP contribution in [-0.4, -0.2) is 57.2 Å². The summed E-state index contributed by atoms with van der Waals surface area (Å²) in [7, 11) is 0. The van der Waals surface area contributed by atoms with E-state index in [0.29, 0.717) is 12.3 Å². The summed E-state index contributed by atoms with van der Waals surface area (Å²) in [5.74, 6) is 0.776. The van der Waals surface area contributed by atoms with Crippen molar-refractivity contribution in [3.05, 3.63) is 37.1 Å². The molecule has 0 aliphatic carbocycles. The Morgan fingerprint density at radius 2 is 2.32 bits per heavy atom. The number of rotatable bonds is 6. The van der Waals surface area contributed by atoms with Gasteiger partial charge in [0.15, 0.2) is 0 Å². The van der Waals surface area contributed by atoms with Crippen LogP contribution in [0.5, 0.6) is 0 Å². The summed E-state index contributed by atoms with van der Waals surface area (Å²) in [5, 5.41) is 2.99. The number of ether oxygens (including phenoxy) is 1. The molecule has 2 atom stereocenters. The predicted octanol–water partition coefficient (Wildman–Crippen LogP) is 2.10. The third-order valence-electron chi connectivity index (χ3n) is 4.54. The van der Waals surface area contributed by atoms with Gasteiger partial charge in [-0.3, -0.25) is 14.3 Å². The van der Waals surface area contributed by atoms with Crippen LogP contribution in [0.4, 0.5) is 5.69 Å². The van der Waals surface area contributed by atoms with E-state index in [9.17, 15) is 4.79 Å². The van der Waals surface area contributed by atoms with E-state index in [1.165, 1.54) is 0 Å². The van der Waals surface area contributed by atoms with Gasteiger partial charge in [0.2, 0.25) is 5.91 Å². The molecule has 1 aliphatic rings. The molecule has 1 aliphatic heterocycles. The maximum absolute atomic E-state index is 12.7. The molecule has 134 valence electrons. The minimum Gasteiger partial charge on any atom is -0.376 e. The zero-order valence-corrected chi connectivity index (χ0v) is 14.8. The van der Waals surface area contributed by atoms with Gasteiger partial charge in [0.25, 0.3) is 0 Å². The molecule has 3 heterocycles. The summed E-state index contributed by atoms with van der Waals surface area (Å²) in [4.78, 5) is 23.3. The molecule has 0 spiro atoms. The quantitative estimate of drug-likeness (QED) is 0.869. The number of carbonyl (C=O) groups excluding carboxylic acids is 1. The first-order valence-corrected chi connectivity index (χ1v) is 8.82. The van der Waals surface area contributed by atoms with Crippen LogP contribution in [0.3, 0.4) is 0 Å². The van der Waals surface area contributed by atoms with Crippen LogP contribution in [-0.2, 0) is 9.53 Å². The van der Waals surface area contributed by atoms with E-state index in [2.05, 4.69) is 27.1 Å². The summed E-state index contributed by atoms with van der Waals surface area (Å²) < 4.78 is 7.53. The van der Waals surface area contributed by atoms with E-state index < -0.39 is 0 Å². The Bertz CT molecular complexity index is 671. The Labute approximate surface area is 148 Å². The number of nitrogens with one attached hydrogen (secondary N) is 1. The van der Waals surface area contributed by atoms with Crippen molar-refractivity contribution in [3.63, 3.8) is 0 Å². The number of aromatic nitrogens is 3. The molecule has 1 amide bonds. The lowest BCUT2D eigenvalue weighted by Gasteiger charge is -2.36. The predicted molar refractivity (Wildman–Crippen MR) is 95.7 cm³/mol. The molecule has 0 unspecified atom stereocenters. The maximum atomic E-state index is 12.7. The normalized spacial score (nSPS) is 19.5. The summed E-state index contributed by atoms with van der Waals surface area (Å²) in [6, 6.07) is 3.58. The third-order valence-corrected chi connectivity index (χ3v) is 4.54. The Morgan fingerprint density at radius 3 is 2.96 bits per heavy atom. The Balaban J connectivity index is 1.63. The first-order valence-electron chi connectivity index (χ1n) is 8.82. The highest BCUT2D eigenvalue weighted by Crippen LogP contribution is 2.16. The van der Waals surface area contributed by atoms with E-state index in [4.69, 9.17) is 4.74 Å². The van der Waals surface area contributed by atoms with Gasteiger partial charge in [-0.2, -0.15) is 0 Å². The van der Waals surface area contributed by atoms with Crippen molar-refractivity contribution >= 4 is 11.6 Å². The van der Waals surface area contributed by atoms with Crippen molar-refractivity contribution in [2.45, 2.75) is 38.8 Å². The molecule has 7 heteroatoms. The first kappa shape index (κ1) is 17.6. The number of anilines is 1. The van der Waals surface area contributed by atoms with Gasteiger partial charge in [-0.1, -0.05) is 13.8 Å². The van der Waals surface area contributed by atoms with Crippen LogP contribution in [0, 0.1) is 0 Å². The number of nitrogens with zero attached hydrogens (tertiary/aromatic N) is 4. The van der Waals surface area contributed by atoms with Gasteiger partial charge in [0, 0.05) is 25.5 Å². The molecule has 0 saturated carbocycles. The van der Waals surface area contributed by atoms with Crippen molar-refractivity contribution in [3.8, 4) is 5.82 Å². The van der Waals surface area contributed by atoms with Gasteiger partial charge in [0.05, 0.1) is 30.6 Å². The molecular weight excluding hydrogens is 318 g/mol. The van der Waals surface area contributed by atoms with Crippen LogP contribution in [0.2, 0.25) is 0 Å². The molecule has 1 N–H and O–H groups in total. The largest absolute Gasteiger partial charge is 0.376 e. The number of hydrogen-bond donors (Lipinski definition) is 1. The molecule has 0 bridgehead atoms. The molecule has 3 rings (SSSR count). The molecule has 1 saturated heterocycles. The summed E-state index contributed by atoms with van der Waals surface area (Å²) in [5.41, 5.74) is 0.701. The fraction of sp³-hybridized carbons (Fsp3) is 0.500. The molecule has 0 aromatic carbocycles. The zero-order valence-electron chi connectivity index (χ0n) is 14.8. The van der Waals surface area contributed by atoms with Gasteiger partial charge in [-0.25, -0.2) is 9.97 Å². The highest BCUT2D eigenvalue weighted by Gasteiger charge is 2.29. The molecule has 2 aromatic heterocycles. The summed E-state index contributed by atoms with van der Waals surface area (Å²) in [6.07, 6.45) is 8.85. The van der Waals surface area contributed by atoms with Crippen LogP contribution >= 0.6 is 0 Å². The summed E-state index contributed by atoms with van der Waals surface area (Å²) in [6.45, 7) is 6.44. The number of morpholine rings is 1. The standard InChI is InChI=1S/C18H25N5O2/c1-3-15-12-22(9-10-25-15)16(4-2)18(24)21-14-5-6-17(20-11-14)23-8-7-19-13-23/h5-8,11,13,15-16H,3-4,9-10,12H2,1-2H3,(H,21,24)/t15-,16+/m1/s1. The first-order chi connectivity index (χ1) is 12.2. The fourth-order valence-corrected chi connectivity index (χ4v) is 3.11. The number of pyridine rings is 1. The highest BCUT2D eigenvalue weighted by molar-refractivity contribution is 5.94. The monoisotopic (exact) mass is 343 g/mol. The second-order valence-electron chi connectivity index (χ2n) is 6.18. The van der Waals surface area contributed by atoms with Gasteiger partial charge in [-0.05, 0) is 25.0 Å². The van der Waals surface area contributed by atoms with Crippen molar-refractivity contribution in [1.29, 1.82) is 0 Å². The average Bonchev–Trinajstić information content (AvgIpc) is 3.18. The molecule has 0 radical (unpaired) electrons. The van der Waals surface area contributed by atoms with Crippen LogP contribution in [0.25, 0.3) is 5.82 Å². The van der Waals surface area contributed by atoms with Crippen LogP contribution in [0.15, 0.2) is 37.1 Å². The fourth-order valence-electron chi connectivity index (χ4n) is 3.11. The van der Waals surface area contributed by atoms with Crippen molar-refractivity contribution in [2.24, 2.45) is 0 Å².